The summed E-state index contributed by atoms with van der Waals surface area (Å²) in [5.74, 6) is 1.12. The van der Waals surface area contributed by atoms with Gasteiger partial charge in [-0.2, -0.15) is 0 Å². The van der Waals surface area contributed by atoms with Crippen molar-refractivity contribution in [3.05, 3.63) is 29.3 Å². The molecule has 0 radical (unpaired) electrons. The van der Waals surface area contributed by atoms with E-state index in [2.05, 4.69) is 58.1 Å². The van der Waals surface area contributed by atoms with Crippen molar-refractivity contribution in [2.75, 3.05) is 19.0 Å². The van der Waals surface area contributed by atoms with Crippen LogP contribution in [-0.2, 0) is 4.74 Å². The minimum Gasteiger partial charge on any atom is -0.385 e. The molecular weight excluding hydrogens is 234 g/mol. The topological polar surface area (TPSA) is 21.3 Å². The second-order valence-corrected chi connectivity index (χ2v) is 5.98. The van der Waals surface area contributed by atoms with E-state index in [1.807, 2.05) is 0 Å². The van der Waals surface area contributed by atoms with E-state index >= 15 is 0 Å². The molecule has 1 aromatic rings. The number of hydrogen-bond acceptors (Lipinski definition) is 2. The minimum atomic E-state index is 0.433. The fourth-order valence-electron chi connectivity index (χ4n) is 2.18. The monoisotopic (exact) mass is 263 g/mol. The zero-order valence-corrected chi connectivity index (χ0v) is 13.3. The van der Waals surface area contributed by atoms with Gasteiger partial charge >= 0.3 is 0 Å². The van der Waals surface area contributed by atoms with Gasteiger partial charge < -0.3 is 10.1 Å². The summed E-state index contributed by atoms with van der Waals surface area (Å²) in [5.41, 5.74) is 4.09. The van der Waals surface area contributed by atoms with Gasteiger partial charge in [0.15, 0.2) is 0 Å². The highest BCUT2D eigenvalue weighted by Gasteiger charge is 2.11. The predicted molar refractivity (Wildman–Crippen MR) is 84.2 cm³/mol. The van der Waals surface area contributed by atoms with Crippen molar-refractivity contribution < 1.29 is 4.74 Å². The number of nitrogens with one attached hydrogen (secondary N) is 1. The molecule has 0 spiro atoms. The van der Waals surface area contributed by atoms with Gasteiger partial charge in [0.1, 0.15) is 0 Å². The molecule has 1 rings (SSSR count). The summed E-state index contributed by atoms with van der Waals surface area (Å²) in [5, 5.41) is 3.61. The third-order valence-electron chi connectivity index (χ3n) is 3.52. The molecule has 0 fully saturated rings. The van der Waals surface area contributed by atoms with Crippen LogP contribution >= 0.6 is 0 Å². The highest BCUT2D eigenvalue weighted by molar-refractivity contribution is 5.55. The maximum atomic E-state index is 5.14. The number of benzene rings is 1. The second kappa shape index (κ2) is 7.54. The Bertz CT molecular complexity index is 385. The lowest BCUT2D eigenvalue weighted by molar-refractivity contribution is 0.191. The molecule has 0 aromatic heterocycles. The Morgan fingerprint density at radius 1 is 1.05 bits per heavy atom. The molecule has 0 aliphatic carbocycles. The molecule has 1 atom stereocenters. The fourth-order valence-corrected chi connectivity index (χ4v) is 2.18. The van der Waals surface area contributed by atoms with Gasteiger partial charge in [0.05, 0.1) is 0 Å². The van der Waals surface area contributed by atoms with Crippen molar-refractivity contribution >= 4 is 5.69 Å². The molecule has 1 unspecified atom stereocenters. The SMILES string of the molecule is COCCC(C)Nc1ccc(C(C)C)cc1C(C)C. The Morgan fingerprint density at radius 3 is 2.26 bits per heavy atom. The van der Waals surface area contributed by atoms with E-state index in [1.165, 1.54) is 16.8 Å². The Labute approximate surface area is 118 Å². The number of hydrogen-bond donors (Lipinski definition) is 1. The fraction of sp³-hybridized carbons (Fsp3) is 0.647. The summed E-state index contributed by atoms with van der Waals surface area (Å²) in [6.07, 6.45) is 1.03. The lowest BCUT2D eigenvalue weighted by Crippen LogP contribution is -2.18. The van der Waals surface area contributed by atoms with Gasteiger partial charge in [0, 0.05) is 25.4 Å². The maximum absolute atomic E-state index is 5.14. The molecule has 0 amide bonds. The standard InChI is InChI=1S/C17H29NO/c1-12(2)15-7-8-17(16(11-15)13(3)4)18-14(5)9-10-19-6/h7-8,11-14,18H,9-10H2,1-6H3. The third-order valence-corrected chi connectivity index (χ3v) is 3.52. The third kappa shape index (κ3) is 4.87. The normalized spacial score (nSPS) is 13.1. The van der Waals surface area contributed by atoms with E-state index < -0.39 is 0 Å². The second-order valence-electron chi connectivity index (χ2n) is 5.98. The Kier molecular flexibility index (Phi) is 6.36. The van der Waals surface area contributed by atoms with Crippen LogP contribution in [0.15, 0.2) is 18.2 Å². The lowest BCUT2D eigenvalue weighted by atomic mass is 9.94. The molecule has 0 aliphatic heterocycles. The molecular formula is C17H29NO. The van der Waals surface area contributed by atoms with Crippen LogP contribution in [-0.4, -0.2) is 19.8 Å². The number of rotatable bonds is 7. The maximum Gasteiger partial charge on any atom is 0.0481 e. The summed E-state index contributed by atoms with van der Waals surface area (Å²) in [4.78, 5) is 0. The van der Waals surface area contributed by atoms with Gasteiger partial charge in [-0.3, -0.25) is 0 Å². The average Bonchev–Trinajstić information content (AvgIpc) is 2.36. The van der Waals surface area contributed by atoms with Crippen molar-refractivity contribution in [2.24, 2.45) is 0 Å². The van der Waals surface area contributed by atoms with Gasteiger partial charge in [-0.1, -0.05) is 39.8 Å². The molecule has 19 heavy (non-hydrogen) atoms. The smallest absolute Gasteiger partial charge is 0.0481 e. The zero-order valence-electron chi connectivity index (χ0n) is 13.3. The van der Waals surface area contributed by atoms with Crippen LogP contribution in [0, 0.1) is 0 Å². The van der Waals surface area contributed by atoms with E-state index in [1.54, 1.807) is 7.11 Å². The summed E-state index contributed by atoms with van der Waals surface area (Å²) in [6, 6.07) is 7.25. The van der Waals surface area contributed by atoms with Crippen LogP contribution in [0.5, 0.6) is 0 Å². The van der Waals surface area contributed by atoms with Crippen molar-refractivity contribution in [3.8, 4) is 0 Å². The van der Waals surface area contributed by atoms with Crippen LogP contribution < -0.4 is 5.32 Å². The van der Waals surface area contributed by atoms with Gasteiger partial charge in [-0.05, 0) is 42.4 Å². The molecule has 2 heteroatoms. The van der Waals surface area contributed by atoms with Gasteiger partial charge in [-0.25, -0.2) is 0 Å². The van der Waals surface area contributed by atoms with Crippen molar-refractivity contribution in [3.63, 3.8) is 0 Å². The van der Waals surface area contributed by atoms with Gasteiger partial charge in [0.2, 0.25) is 0 Å². The van der Waals surface area contributed by atoms with E-state index in [-0.39, 0.29) is 0 Å². The number of methoxy groups -OCH3 is 1. The van der Waals surface area contributed by atoms with Crippen LogP contribution in [0.3, 0.4) is 0 Å². The van der Waals surface area contributed by atoms with Crippen LogP contribution in [0.25, 0.3) is 0 Å². The first-order chi connectivity index (χ1) is 8.95. The first kappa shape index (κ1) is 16.0. The summed E-state index contributed by atoms with van der Waals surface area (Å²) in [6.45, 7) is 12.0. The summed E-state index contributed by atoms with van der Waals surface area (Å²) in [7, 11) is 1.75. The van der Waals surface area contributed by atoms with Gasteiger partial charge in [0.25, 0.3) is 0 Å². The first-order valence-electron chi connectivity index (χ1n) is 7.35. The highest BCUT2D eigenvalue weighted by Crippen LogP contribution is 2.29. The molecule has 1 N–H and O–H groups in total. The van der Waals surface area contributed by atoms with Crippen molar-refractivity contribution in [2.45, 2.75) is 58.9 Å². The summed E-state index contributed by atoms with van der Waals surface area (Å²) >= 11 is 0. The van der Waals surface area contributed by atoms with E-state index in [4.69, 9.17) is 4.74 Å². The average molecular weight is 263 g/mol. The van der Waals surface area contributed by atoms with Crippen molar-refractivity contribution in [1.29, 1.82) is 0 Å². The quantitative estimate of drug-likeness (QED) is 0.765. The summed E-state index contributed by atoms with van der Waals surface area (Å²) < 4.78 is 5.14. The molecule has 0 bridgehead atoms. The number of anilines is 1. The van der Waals surface area contributed by atoms with Crippen LogP contribution in [0.2, 0.25) is 0 Å². The molecule has 1 aromatic carbocycles. The first-order valence-corrected chi connectivity index (χ1v) is 7.35. The predicted octanol–water partition coefficient (Wildman–Crippen LogP) is 4.77. The van der Waals surface area contributed by atoms with Crippen LogP contribution in [0.1, 0.15) is 64.0 Å². The van der Waals surface area contributed by atoms with E-state index in [9.17, 15) is 0 Å². The Morgan fingerprint density at radius 2 is 1.74 bits per heavy atom. The van der Waals surface area contributed by atoms with E-state index in [0.717, 1.165) is 13.0 Å². The highest BCUT2D eigenvalue weighted by atomic mass is 16.5. The molecule has 0 aliphatic rings. The Balaban J connectivity index is 2.87. The van der Waals surface area contributed by atoms with Crippen LogP contribution in [0.4, 0.5) is 5.69 Å². The minimum absolute atomic E-state index is 0.433. The van der Waals surface area contributed by atoms with Crippen molar-refractivity contribution in [1.82, 2.24) is 0 Å². The molecule has 2 nitrogen and oxygen atoms in total. The lowest BCUT2D eigenvalue weighted by Gasteiger charge is -2.21. The molecule has 0 saturated carbocycles. The Hall–Kier alpha value is -1.02. The molecule has 0 heterocycles. The van der Waals surface area contributed by atoms with Gasteiger partial charge in [-0.15, -0.1) is 0 Å². The largest absolute Gasteiger partial charge is 0.385 e. The van der Waals surface area contributed by atoms with E-state index in [0.29, 0.717) is 17.9 Å². The number of ether oxygens (including phenoxy) is 1. The molecule has 108 valence electrons. The molecule has 0 saturated heterocycles. The zero-order chi connectivity index (χ0) is 14.4.